The average molecular weight is 376 g/mol. The van der Waals surface area contributed by atoms with Gasteiger partial charge in [0.1, 0.15) is 17.5 Å². The number of nitrogens with zero attached hydrogens (tertiary/aromatic N) is 2. The van der Waals surface area contributed by atoms with Gasteiger partial charge < -0.3 is 15.8 Å². The van der Waals surface area contributed by atoms with Gasteiger partial charge in [-0.05, 0) is 56.2 Å². The Labute approximate surface area is 164 Å². The van der Waals surface area contributed by atoms with Crippen LogP contribution in [0.15, 0.2) is 48.8 Å². The molecule has 6 nitrogen and oxygen atoms in total. The van der Waals surface area contributed by atoms with Gasteiger partial charge in [0.15, 0.2) is 0 Å². The minimum atomic E-state index is -0.518. The molecule has 1 saturated carbocycles. The maximum atomic E-state index is 11.5. The number of hydrogen-bond acceptors (Lipinski definition) is 5. The molecule has 144 valence electrons. The second kappa shape index (κ2) is 7.84. The molecule has 3 aromatic rings. The maximum Gasteiger partial charge on any atom is 0.254 e. The molecule has 0 spiro atoms. The number of ether oxygens (including phenoxy) is 1. The zero-order valence-electron chi connectivity index (χ0n) is 15.9. The third kappa shape index (κ3) is 3.91. The molecular weight excluding hydrogens is 352 g/mol. The lowest BCUT2D eigenvalue weighted by atomic mass is 9.92. The summed E-state index contributed by atoms with van der Waals surface area (Å²) in [6.07, 6.45) is 7.20. The number of fused-ring (bicyclic) bond motifs is 1. The molecule has 0 bridgehead atoms. The van der Waals surface area contributed by atoms with Gasteiger partial charge >= 0.3 is 0 Å². The summed E-state index contributed by atoms with van der Waals surface area (Å²) in [5.41, 5.74) is 6.98. The third-order valence-electron chi connectivity index (χ3n) is 5.25. The Morgan fingerprint density at radius 1 is 1.11 bits per heavy atom. The molecule has 0 aliphatic heterocycles. The second-order valence-electron chi connectivity index (χ2n) is 7.34. The summed E-state index contributed by atoms with van der Waals surface area (Å²) in [5.74, 6) is 0.746. The van der Waals surface area contributed by atoms with Crippen LogP contribution in [0.1, 0.15) is 41.6 Å². The number of anilines is 1. The summed E-state index contributed by atoms with van der Waals surface area (Å²) >= 11 is 0. The van der Waals surface area contributed by atoms with Crippen molar-refractivity contribution in [3.63, 3.8) is 0 Å². The number of benzene rings is 1. The van der Waals surface area contributed by atoms with Gasteiger partial charge in [0.2, 0.25) is 5.88 Å². The summed E-state index contributed by atoms with van der Waals surface area (Å²) in [4.78, 5) is 20.3. The quantitative estimate of drug-likeness (QED) is 0.706. The molecule has 0 radical (unpaired) electrons. The minimum Gasteiger partial charge on any atom is -0.474 e. The van der Waals surface area contributed by atoms with Gasteiger partial charge in [-0.3, -0.25) is 4.79 Å². The minimum absolute atomic E-state index is 0.0363. The van der Waals surface area contributed by atoms with E-state index in [2.05, 4.69) is 40.4 Å². The number of primary amides is 1. The highest BCUT2D eigenvalue weighted by atomic mass is 16.5. The zero-order chi connectivity index (χ0) is 19.5. The first-order valence-electron chi connectivity index (χ1n) is 9.63. The topological polar surface area (TPSA) is 90.1 Å². The van der Waals surface area contributed by atoms with Crippen LogP contribution in [0.25, 0.3) is 10.8 Å². The number of hydrogen-bond donors (Lipinski definition) is 2. The monoisotopic (exact) mass is 376 g/mol. The number of nitrogens with one attached hydrogen (secondary N) is 1. The molecule has 3 N–H and O–H groups in total. The molecule has 2 heterocycles. The van der Waals surface area contributed by atoms with Gasteiger partial charge in [0.05, 0.1) is 0 Å². The van der Waals surface area contributed by atoms with Crippen molar-refractivity contribution in [1.29, 1.82) is 0 Å². The summed E-state index contributed by atoms with van der Waals surface area (Å²) in [5, 5.41) is 5.94. The van der Waals surface area contributed by atoms with Gasteiger partial charge in [-0.2, -0.15) is 0 Å². The second-order valence-corrected chi connectivity index (χ2v) is 7.34. The highest BCUT2D eigenvalue weighted by Gasteiger charge is 2.24. The number of amides is 1. The smallest absolute Gasteiger partial charge is 0.254 e. The van der Waals surface area contributed by atoms with Crippen molar-refractivity contribution in [3.05, 3.63) is 59.9 Å². The first kappa shape index (κ1) is 18.2. The number of nitrogens with two attached hydrogens (primary N) is 1. The van der Waals surface area contributed by atoms with E-state index in [1.807, 2.05) is 12.3 Å². The Morgan fingerprint density at radius 3 is 2.71 bits per heavy atom. The lowest BCUT2D eigenvalue weighted by molar-refractivity contribution is 0.0983. The van der Waals surface area contributed by atoms with Gasteiger partial charge in [0, 0.05) is 23.8 Å². The van der Waals surface area contributed by atoms with Crippen LogP contribution < -0.4 is 15.8 Å². The molecule has 0 atom stereocenters. The zero-order valence-corrected chi connectivity index (χ0v) is 15.9. The standard InChI is InChI=1S/C22H24N4O2/c1-14-4-9-18-15(13-14)10-12-24-21(18)26-16-5-7-17(8-6-16)28-22-19(20(23)27)3-2-11-25-22/h2-4,9-13,16-17H,5-8H2,1H3,(H2,23,27)(H,24,26). The summed E-state index contributed by atoms with van der Waals surface area (Å²) in [6.45, 7) is 2.10. The Bertz CT molecular complexity index is 997. The average Bonchev–Trinajstić information content (AvgIpc) is 2.69. The Kier molecular flexibility index (Phi) is 5.10. The number of aryl methyl sites for hydroxylation is 1. The lowest BCUT2D eigenvalue weighted by Crippen LogP contribution is -2.32. The van der Waals surface area contributed by atoms with Crippen LogP contribution in [-0.2, 0) is 0 Å². The van der Waals surface area contributed by atoms with Crippen molar-refractivity contribution < 1.29 is 9.53 Å². The van der Waals surface area contributed by atoms with E-state index in [4.69, 9.17) is 10.5 Å². The molecule has 1 aromatic carbocycles. The van der Waals surface area contributed by atoms with E-state index in [9.17, 15) is 4.79 Å². The first-order chi connectivity index (χ1) is 13.6. The molecule has 4 rings (SSSR count). The lowest BCUT2D eigenvalue weighted by Gasteiger charge is -2.30. The fraction of sp³-hybridized carbons (Fsp3) is 0.318. The number of rotatable bonds is 5. The largest absolute Gasteiger partial charge is 0.474 e. The van der Waals surface area contributed by atoms with Crippen molar-refractivity contribution >= 4 is 22.5 Å². The van der Waals surface area contributed by atoms with Crippen molar-refractivity contribution in [2.45, 2.75) is 44.8 Å². The molecule has 1 aliphatic rings. The predicted octanol–water partition coefficient (Wildman–Crippen LogP) is 3.84. The van der Waals surface area contributed by atoms with Gasteiger partial charge in [0.25, 0.3) is 5.91 Å². The predicted molar refractivity (Wildman–Crippen MR) is 110 cm³/mol. The van der Waals surface area contributed by atoms with Crippen LogP contribution in [0.2, 0.25) is 0 Å². The molecule has 1 fully saturated rings. The number of carbonyl (C=O) groups excluding carboxylic acids is 1. The Balaban J connectivity index is 1.40. The van der Waals surface area contributed by atoms with E-state index in [1.54, 1.807) is 18.3 Å². The van der Waals surface area contributed by atoms with Crippen LogP contribution in [0.4, 0.5) is 5.82 Å². The molecule has 6 heteroatoms. The number of carbonyl (C=O) groups is 1. The molecule has 0 unspecified atom stereocenters. The summed E-state index contributed by atoms with van der Waals surface area (Å²) in [6, 6.07) is 12.1. The van der Waals surface area contributed by atoms with Gasteiger partial charge in [-0.1, -0.05) is 23.8 Å². The molecule has 0 saturated heterocycles. The summed E-state index contributed by atoms with van der Waals surface area (Å²) < 4.78 is 5.97. The van der Waals surface area contributed by atoms with Gasteiger partial charge in [-0.25, -0.2) is 9.97 Å². The third-order valence-corrected chi connectivity index (χ3v) is 5.25. The number of aromatic nitrogens is 2. The van der Waals surface area contributed by atoms with Crippen molar-refractivity contribution in [3.8, 4) is 5.88 Å². The normalized spacial score (nSPS) is 19.3. The van der Waals surface area contributed by atoms with Crippen LogP contribution in [-0.4, -0.2) is 28.0 Å². The fourth-order valence-electron chi connectivity index (χ4n) is 3.76. The van der Waals surface area contributed by atoms with E-state index < -0.39 is 5.91 Å². The maximum absolute atomic E-state index is 11.5. The van der Waals surface area contributed by atoms with E-state index in [1.165, 1.54) is 10.9 Å². The van der Waals surface area contributed by atoms with E-state index >= 15 is 0 Å². The van der Waals surface area contributed by atoms with Crippen molar-refractivity contribution in [2.75, 3.05) is 5.32 Å². The molecule has 2 aromatic heterocycles. The first-order valence-corrected chi connectivity index (χ1v) is 9.63. The molecular formula is C22H24N4O2. The molecule has 1 aliphatic carbocycles. The van der Waals surface area contributed by atoms with Crippen molar-refractivity contribution in [1.82, 2.24) is 9.97 Å². The van der Waals surface area contributed by atoms with E-state index in [0.29, 0.717) is 17.5 Å². The highest BCUT2D eigenvalue weighted by molar-refractivity contribution is 5.95. The molecule has 1 amide bonds. The van der Waals surface area contributed by atoms with Crippen LogP contribution >= 0.6 is 0 Å². The van der Waals surface area contributed by atoms with E-state index in [0.717, 1.165) is 36.9 Å². The molecule has 28 heavy (non-hydrogen) atoms. The van der Waals surface area contributed by atoms with Crippen LogP contribution in [0, 0.1) is 6.92 Å². The van der Waals surface area contributed by atoms with Crippen LogP contribution in [0.5, 0.6) is 5.88 Å². The Morgan fingerprint density at radius 2 is 1.93 bits per heavy atom. The van der Waals surface area contributed by atoms with Crippen molar-refractivity contribution in [2.24, 2.45) is 5.73 Å². The summed E-state index contributed by atoms with van der Waals surface area (Å²) in [7, 11) is 0. The fourth-order valence-corrected chi connectivity index (χ4v) is 3.76. The SMILES string of the molecule is Cc1ccc2c(NC3CCC(Oc4ncccc4C(N)=O)CC3)nccc2c1. The van der Waals surface area contributed by atoms with Crippen LogP contribution in [0.3, 0.4) is 0 Å². The Hall–Kier alpha value is -3.15. The van der Waals surface area contributed by atoms with Gasteiger partial charge in [-0.15, -0.1) is 0 Å². The highest BCUT2D eigenvalue weighted by Crippen LogP contribution is 2.28. The van der Waals surface area contributed by atoms with E-state index in [-0.39, 0.29) is 6.10 Å². The number of pyridine rings is 2.